The topological polar surface area (TPSA) is 63.2 Å². The molecule has 0 aliphatic rings. The van der Waals surface area contributed by atoms with Crippen molar-refractivity contribution in [2.75, 3.05) is 21.3 Å². The summed E-state index contributed by atoms with van der Waals surface area (Å²) < 4.78 is 49.7. The fourth-order valence-electron chi connectivity index (χ4n) is 2.27. The van der Waals surface area contributed by atoms with Gasteiger partial charge in [-0.25, -0.2) is 4.79 Å². The normalized spacial score (nSPS) is 10.4. The molecule has 0 bridgehead atoms. The molecule has 0 saturated carbocycles. The average molecular weight is 368 g/mol. The van der Waals surface area contributed by atoms with E-state index in [9.17, 15) is 13.6 Å². The van der Waals surface area contributed by atoms with Gasteiger partial charge in [-0.1, -0.05) is 12.1 Å². The third kappa shape index (κ3) is 4.53. The van der Waals surface area contributed by atoms with E-state index in [0.29, 0.717) is 17.1 Å². The van der Waals surface area contributed by atoms with E-state index >= 15 is 0 Å². The largest absolute Gasteiger partial charge is 0.496 e. The zero-order valence-corrected chi connectivity index (χ0v) is 14.5. The van der Waals surface area contributed by atoms with Crippen molar-refractivity contribution in [2.45, 2.75) is 13.2 Å². The molecule has 0 atom stereocenters. The molecule has 140 valence electrons. The van der Waals surface area contributed by atoms with Crippen molar-refractivity contribution in [1.82, 2.24) is 0 Å². The number of alkyl halides is 2. The van der Waals surface area contributed by atoms with E-state index in [1.54, 1.807) is 18.2 Å². The quantitative estimate of drug-likeness (QED) is 0.663. The minimum atomic E-state index is -2.97. The summed E-state index contributed by atoms with van der Waals surface area (Å²) in [6, 6.07) is 9.16. The molecular formula is C18H18F2O6. The highest BCUT2D eigenvalue weighted by atomic mass is 19.3. The molecule has 0 N–H and O–H groups in total. The lowest BCUT2D eigenvalue weighted by atomic mass is 10.1. The molecule has 0 amide bonds. The second kappa shape index (κ2) is 8.89. The van der Waals surface area contributed by atoms with Crippen LogP contribution in [0, 0.1) is 0 Å². The molecule has 0 radical (unpaired) electrons. The number of carbonyl (C=O) groups excluding carboxylic acids is 1. The Hall–Kier alpha value is -3.03. The molecule has 0 aliphatic heterocycles. The number of rotatable bonds is 8. The van der Waals surface area contributed by atoms with Crippen molar-refractivity contribution < 1.29 is 37.3 Å². The number of methoxy groups -OCH3 is 3. The molecule has 6 nitrogen and oxygen atoms in total. The number of benzene rings is 2. The van der Waals surface area contributed by atoms with E-state index in [2.05, 4.69) is 4.74 Å². The first kappa shape index (κ1) is 19.3. The summed E-state index contributed by atoms with van der Waals surface area (Å²) in [6.07, 6.45) is 0. The molecular weight excluding hydrogens is 350 g/mol. The first-order valence-electron chi connectivity index (χ1n) is 7.50. The predicted octanol–water partition coefficient (Wildman–Crippen LogP) is 3.67. The zero-order valence-electron chi connectivity index (χ0n) is 14.5. The average Bonchev–Trinajstić information content (AvgIpc) is 2.65. The third-order valence-electron chi connectivity index (χ3n) is 3.45. The molecule has 0 fully saturated rings. The molecule has 2 aromatic carbocycles. The lowest BCUT2D eigenvalue weighted by molar-refractivity contribution is -0.0512. The van der Waals surface area contributed by atoms with Crippen LogP contribution in [-0.2, 0) is 11.3 Å². The summed E-state index contributed by atoms with van der Waals surface area (Å²) in [5.74, 6) is -0.0240. The summed E-state index contributed by atoms with van der Waals surface area (Å²) in [5, 5.41) is 0. The maximum absolute atomic E-state index is 12.4. The Balaban J connectivity index is 2.15. The van der Waals surface area contributed by atoms with E-state index in [-0.39, 0.29) is 23.7 Å². The fourth-order valence-corrected chi connectivity index (χ4v) is 2.27. The molecule has 2 rings (SSSR count). The molecule has 2 aromatic rings. The highest BCUT2D eigenvalue weighted by Gasteiger charge is 2.20. The van der Waals surface area contributed by atoms with Gasteiger partial charge in [0.15, 0.2) is 11.5 Å². The van der Waals surface area contributed by atoms with Crippen LogP contribution in [0.25, 0.3) is 0 Å². The Bertz CT molecular complexity index is 741. The minimum absolute atomic E-state index is 0.105. The SMILES string of the molecule is COc1cc(COC(=O)c2c(OC)cccc2OC)ccc1OC(F)F. The van der Waals surface area contributed by atoms with Gasteiger partial charge < -0.3 is 23.7 Å². The number of ether oxygens (including phenoxy) is 5. The number of halogens is 2. The van der Waals surface area contributed by atoms with Gasteiger partial charge in [0.2, 0.25) is 0 Å². The van der Waals surface area contributed by atoms with E-state index in [1.807, 2.05) is 0 Å². The number of carbonyl (C=O) groups is 1. The summed E-state index contributed by atoms with van der Waals surface area (Å²) in [5.41, 5.74) is 0.688. The van der Waals surface area contributed by atoms with Crippen molar-refractivity contribution in [2.24, 2.45) is 0 Å². The number of hydrogen-bond acceptors (Lipinski definition) is 6. The Kier molecular flexibility index (Phi) is 6.60. The summed E-state index contributed by atoms with van der Waals surface area (Å²) in [7, 11) is 4.18. The maximum atomic E-state index is 12.4. The third-order valence-corrected chi connectivity index (χ3v) is 3.45. The molecule has 26 heavy (non-hydrogen) atoms. The van der Waals surface area contributed by atoms with Gasteiger partial charge in [-0.2, -0.15) is 8.78 Å². The molecule has 0 saturated heterocycles. The van der Waals surface area contributed by atoms with Crippen molar-refractivity contribution >= 4 is 5.97 Å². The number of hydrogen-bond donors (Lipinski definition) is 0. The Labute approximate surface area is 149 Å². The molecule has 0 unspecified atom stereocenters. The smallest absolute Gasteiger partial charge is 0.387 e. The van der Waals surface area contributed by atoms with Crippen molar-refractivity contribution in [1.29, 1.82) is 0 Å². The Morgan fingerprint density at radius 3 is 2.08 bits per heavy atom. The lowest BCUT2D eigenvalue weighted by Gasteiger charge is -2.13. The van der Waals surface area contributed by atoms with E-state index in [1.165, 1.54) is 39.5 Å². The second-order valence-corrected chi connectivity index (χ2v) is 4.98. The summed E-state index contributed by atoms with van der Waals surface area (Å²) >= 11 is 0. The van der Waals surface area contributed by atoms with Crippen LogP contribution in [0.2, 0.25) is 0 Å². The standard InChI is InChI=1S/C18H18F2O6/c1-22-13-5-4-6-14(23-2)16(13)17(21)25-10-11-7-8-12(26-18(19)20)15(9-11)24-3/h4-9,18H,10H2,1-3H3. The first-order chi connectivity index (χ1) is 12.5. The van der Waals surface area contributed by atoms with Crippen molar-refractivity contribution in [3.63, 3.8) is 0 Å². The van der Waals surface area contributed by atoms with Crippen LogP contribution in [0.15, 0.2) is 36.4 Å². The molecule has 0 spiro atoms. The molecule has 0 aromatic heterocycles. The Morgan fingerprint density at radius 2 is 1.54 bits per heavy atom. The van der Waals surface area contributed by atoms with Crippen LogP contribution >= 0.6 is 0 Å². The van der Waals surface area contributed by atoms with Gasteiger partial charge in [0.1, 0.15) is 23.7 Å². The zero-order chi connectivity index (χ0) is 19.1. The van der Waals surface area contributed by atoms with Gasteiger partial charge in [-0.3, -0.25) is 0 Å². The van der Waals surface area contributed by atoms with Crippen LogP contribution in [0.1, 0.15) is 15.9 Å². The van der Waals surface area contributed by atoms with E-state index < -0.39 is 12.6 Å². The highest BCUT2D eigenvalue weighted by molar-refractivity contribution is 5.95. The van der Waals surface area contributed by atoms with Gasteiger partial charge in [0.25, 0.3) is 0 Å². The molecule has 8 heteroatoms. The van der Waals surface area contributed by atoms with Gasteiger partial charge in [0, 0.05) is 0 Å². The molecule has 0 heterocycles. The minimum Gasteiger partial charge on any atom is -0.496 e. The van der Waals surface area contributed by atoms with Gasteiger partial charge >= 0.3 is 12.6 Å². The monoisotopic (exact) mass is 368 g/mol. The second-order valence-electron chi connectivity index (χ2n) is 4.98. The van der Waals surface area contributed by atoms with Crippen molar-refractivity contribution in [3.8, 4) is 23.0 Å². The highest BCUT2D eigenvalue weighted by Crippen LogP contribution is 2.31. The number of esters is 1. The van der Waals surface area contributed by atoms with Gasteiger partial charge in [-0.15, -0.1) is 0 Å². The van der Waals surface area contributed by atoms with Crippen LogP contribution < -0.4 is 18.9 Å². The van der Waals surface area contributed by atoms with Crippen molar-refractivity contribution in [3.05, 3.63) is 47.5 Å². The van der Waals surface area contributed by atoms with Gasteiger partial charge in [0.05, 0.1) is 21.3 Å². The first-order valence-corrected chi connectivity index (χ1v) is 7.50. The summed E-state index contributed by atoms with van der Waals surface area (Å²) in [4.78, 5) is 12.4. The van der Waals surface area contributed by atoms with Crippen LogP contribution in [0.5, 0.6) is 23.0 Å². The van der Waals surface area contributed by atoms with Crippen LogP contribution in [0.3, 0.4) is 0 Å². The van der Waals surface area contributed by atoms with Gasteiger partial charge in [-0.05, 0) is 29.8 Å². The Morgan fingerprint density at radius 1 is 0.923 bits per heavy atom. The predicted molar refractivity (Wildman–Crippen MR) is 88.3 cm³/mol. The fraction of sp³-hybridized carbons (Fsp3) is 0.278. The lowest BCUT2D eigenvalue weighted by Crippen LogP contribution is -2.09. The van der Waals surface area contributed by atoms with Crippen LogP contribution in [-0.4, -0.2) is 33.9 Å². The van der Waals surface area contributed by atoms with Crippen LogP contribution in [0.4, 0.5) is 8.78 Å². The summed E-state index contributed by atoms with van der Waals surface area (Å²) in [6.45, 7) is -3.07. The van der Waals surface area contributed by atoms with E-state index in [4.69, 9.17) is 18.9 Å². The van der Waals surface area contributed by atoms with E-state index in [0.717, 1.165) is 0 Å². The maximum Gasteiger partial charge on any atom is 0.387 e. The molecule has 0 aliphatic carbocycles.